The molecule has 7 heteroatoms. The van der Waals surface area contributed by atoms with Crippen molar-refractivity contribution in [3.63, 3.8) is 0 Å². The number of hydrogen-bond donors (Lipinski definition) is 1. The Kier molecular flexibility index (Phi) is 5.67. The summed E-state index contributed by atoms with van der Waals surface area (Å²) in [5.41, 5.74) is 1.43. The molecule has 0 aliphatic heterocycles. The van der Waals surface area contributed by atoms with E-state index in [1.165, 1.54) is 6.07 Å². The Morgan fingerprint density at radius 2 is 1.75 bits per heavy atom. The summed E-state index contributed by atoms with van der Waals surface area (Å²) in [5.74, 6) is -0.311. The van der Waals surface area contributed by atoms with Crippen molar-refractivity contribution in [2.75, 3.05) is 12.5 Å². The van der Waals surface area contributed by atoms with Crippen molar-refractivity contribution in [3.8, 4) is 6.07 Å². The fourth-order valence-corrected chi connectivity index (χ4v) is 3.96. The first kappa shape index (κ1) is 18.1. The molecule has 0 aliphatic carbocycles. The highest BCUT2D eigenvalue weighted by atomic mass is 32.2. The van der Waals surface area contributed by atoms with Crippen LogP contribution in [0.4, 0.5) is 10.5 Å². The maximum atomic E-state index is 12.9. The standard InChI is InChI=1S/C17H14N2O3S2/c1-23-19(24-2,17(21)22)15-9-4-3-8-14(15)16(20)13-7-5-6-12(10-13)11-18/h3-10H,1-2H3/p+1. The minimum absolute atomic E-state index is 0.304. The number of hydrogen-bond acceptors (Lipinski definition) is 5. The zero-order valence-electron chi connectivity index (χ0n) is 13.1. The Labute approximate surface area is 148 Å². The van der Waals surface area contributed by atoms with Gasteiger partial charge in [-0.05, 0) is 18.2 Å². The average molecular weight is 359 g/mol. The van der Waals surface area contributed by atoms with Crippen molar-refractivity contribution in [2.24, 2.45) is 0 Å². The Morgan fingerprint density at radius 3 is 2.33 bits per heavy atom. The van der Waals surface area contributed by atoms with Gasteiger partial charge in [-0.3, -0.25) is 4.79 Å². The first-order valence-electron chi connectivity index (χ1n) is 6.88. The van der Waals surface area contributed by atoms with E-state index in [0.29, 0.717) is 22.4 Å². The normalized spacial score (nSPS) is 10.9. The number of ketones is 1. The summed E-state index contributed by atoms with van der Waals surface area (Å²) >= 11 is 2.22. The van der Waals surface area contributed by atoms with Crippen molar-refractivity contribution < 1.29 is 14.7 Å². The second kappa shape index (κ2) is 7.53. The molecule has 0 saturated heterocycles. The molecule has 2 rings (SSSR count). The van der Waals surface area contributed by atoms with Crippen LogP contribution >= 0.6 is 23.9 Å². The first-order valence-corrected chi connectivity index (χ1v) is 9.25. The summed E-state index contributed by atoms with van der Waals surface area (Å²) in [7, 11) is 0. The second-order valence-electron chi connectivity index (χ2n) is 4.74. The number of carbonyl (C=O) groups excluding carboxylic acids is 1. The quantitative estimate of drug-likeness (QED) is 0.486. The van der Waals surface area contributed by atoms with Gasteiger partial charge in [-0.25, -0.2) is 0 Å². The second-order valence-corrected chi connectivity index (χ2v) is 6.79. The lowest BCUT2D eigenvalue weighted by Crippen LogP contribution is -2.40. The van der Waals surface area contributed by atoms with Gasteiger partial charge in [-0.15, -0.1) is 0 Å². The van der Waals surface area contributed by atoms with E-state index in [1.54, 1.807) is 55.0 Å². The van der Waals surface area contributed by atoms with Crippen LogP contribution in [0.2, 0.25) is 0 Å². The Balaban J connectivity index is 2.62. The Hall–Kier alpha value is -2.27. The highest BCUT2D eigenvalue weighted by Crippen LogP contribution is 2.41. The van der Waals surface area contributed by atoms with Crippen LogP contribution in [0.3, 0.4) is 0 Å². The number of carbonyl (C=O) groups is 2. The van der Waals surface area contributed by atoms with Gasteiger partial charge >= 0.3 is 6.09 Å². The molecule has 0 unspecified atom stereocenters. The molecule has 0 saturated carbocycles. The summed E-state index contributed by atoms with van der Waals surface area (Å²) in [6.07, 6.45) is 2.30. The maximum Gasteiger partial charge on any atom is 0.543 e. The summed E-state index contributed by atoms with van der Waals surface area (Å²) in [5, 5.41) is 18.7. The van der Waals surface area contributed by atoms with E-state index < -0.39 is 9.39 Å². The van der Waals surface area contributed by atoms with E-state index in [9.17, 15) is 14.7 Å². The minimum atomic E-state index is -1.07. The molecule has 0 bridgehead atoms. The topological polar surface area (TPSA) is 78.2 Å². The average Bonchev–Trinajstić information content (AvgIpc) is 2.63. The van der Waals surface area contributed by atoms with E-state index in [0.717, 1.165) is 23.9 Å². The van der Waals surface area contributed by atoms with E-state index in [2.05, 4.69) is 0 Å². The van der Waals surface area contributed by atoms with Crippen LogP contribution in [0.1, 0.15) is 21.5 Å². The number of nitriles is 1. The molecule has 2 aromatic rings. The third kappa shape index (κ3) is 3.17. The van der Waals surface area contributed by atoms with E-state index >= 15 is 0 Å². The van der Waals surface area contributed by atoms with Gasteiger partial charge in [-0.2, -0.15) is 10.1 Å². The number of carboxylic acid groups (broad SMARTS) is 1. The summed E-state index contributed by atoms with van der Waals surface area (Å²) in [6.45, 7) is 0. The maximum absolute atomic E-state index is 12.9. The van der Waals surface area contributed by atoms with Gasteiger partial charge in [0.05, 0.1) is 17.2 Å². The molecule has 0 spiro atoms. The van der Waals surface area contributed by atoms with Gasteiger partial charge in [-0.1, -0.05) is 27.6 Å². The molecule has 5 nitrogen and oxygen atoms in total. The molecule has 2 aromatic carbocycles. The highest BCUT2D eigenvalue weighted by molar-refractivity contribution is 8.15. The summed E-state index contributed by atoms with van der Waals surface area (Å²) in [4.78, 5) is 24.8. The number of para-hydroxylation sites is 1. The molecular formula is C17H15N2O3S2+. The van der Waals surface area contributed by atoms with Crippen molar-refractivity contribution in [1.82, 2.24) is 3.29 Å². The number of rotatable bonds is 5. The number of quaternary nitrogens is 1. The van der Waals surface area contributed by atoms with Crippen molar-refractivity contribution in [1.29, 1.82) is 5.26 Å². The van der Waals surface area contributed by atoms with Crippen LogP contribution in [0, 0.1) is 11.3 Å². The SMILES string of the molecule is CS[N+](SC)(C(=O)O)c1ccccc1C(=O)c1cccc(C#N)c1. The zero-order chi connectivity index (χ0) is 17.7. The minimum Gasteiger partial charge on any atom is -0.434 e. The van der Waals surface area contributed by atoms with Crippen LogP contribution in [0.5, 0.6) is 0 Å². The number of benzene rings is 2. The lowest BCUT2D eigenvalue weighted by molar-refractivity contribution is 0.103. The lowest BCUT2D eigenvalue weighted by Gasteiger charge is -2.25. The molecule has 0 aliphatic rings. The molecule has 0 fully saturated rings. The third-order valence-electron chi connectivity index (χ3n) is 3.49. The van der Waals surface area contributed by atoms with E-state index in [1.807, 2.05) is 6.07 Å². The molecule has 122 valence electrons. The van der Waals surface area contributed by atoms with Crippen LogP contribution in [-0.4, -0.2) is 29.5 Å². The van der Waals surface area contributed by atoms with E-state index in [4.69, 9.17) is 5.26 Å². The van der Waals surface area contributed by atoms with Crippen LogP contribution in [0.15, 0.2) is 48.5 Å². The van der Waals surface area contributed by atoms with Gasteiger partial charge in [0.2, 0.25) is 0 Å². The Morgan fingerprint density at radius 1 is 1.08 bits per heavy atom. The third-order valence-corrected chi connectivity index (χ3v) is 6.11. The fraction of sp³-hybridized carbons (Fsp3) is 0.118. The molecule has 0 radical (unpaired) electrons. The van der Waals surface area contributed by atoms with Crippen LogP contribution in [-0.2, 0) is 0 Å². The molecule has 0 heterocycles. The van der Waals surface area contributed by atoms with Gasteiger partial charge in [0, 0.05) is 24.1 Å². The molecule has 0 atom stereocenters. The number of nitrogens with zero attached hydrogens (tertiary/aromatic N) is 2. The van der Waals surface area contributed by atoms with Gasteiger partial charge in [0.15, 0.2) is 11.5 Å². The molecular weight excluding hydrogens is 344 g/mol. The molecule has 1 amide bonds. The number of amides is 1. The summed E-state index contributed by atoms with van der Waals surface area (Å²) in [6, 6.07) is 15.0. The van der Waals surface area contributed by atoms with Gasteiger partial charge in [0.25, 0.3) is 0 Å². The highest BCUT2D eigenvalue weighted by Gasteiger charge is 2.44. The summed E-state index contributed by atoms with van der Waals surface area (Å²) < 4.78 is -0.486. The van der Waals surface area contributed by atoms with Gasteiger partial charge < -0.3 is 5.11 Å². The van der Waals surface area contributed by atoms with Crippen molar-refractivity contribution in [2.45, 2.75) is 0 Å². The molecule has 1 N–H and O–H groups in total. The largest absolute Gasteiger partial charge is 0.543 e. The Bertz CT molecular complexity index is 827. The van der Waals surface area contributed by atoms with Crippen molar-refractivity contribution >= 4 is 41.5 Å². The molecule has 24 heavy (non-hydrogen) atoms. The smallest absolute Gasteiger partial charge is 0.434 e. The van der Waals surface area contributed by atoms with Gasteiger partial charge in [0.1, 0.15) is 23.9 Å². The predicted octanol–water partition coefficient (Wildman–Crippen LogP) is 4.33. The van der Waals surface area contributed by atoms with Crippen LogP contribution in [0.25, 0.3) is 0 Å². The van der Waals surface area contributed by atoms with Crippen LogP contribution < -0.4 is 3.29 Å². The monoisotopic (exact) mass is 359 g/mol. The van der Waals surface area contributed by atoms with Crippen molar-refractivity contribution in [3.05, 3.63) is 65.2 Å². The molecule has 0 aromatic heterocycles. The first-order chi connectivity index (χ1) is 11.5. The fourth-order valence-electron chi connectivity index (χ4n) is 2.34. The predicted molar refractivity (Wildman–Crippen MR) is 97.9 cm³/mol. The lowest BCUT2D eigenvalue weighted by atomic mass is 10.00. The van der Waals surface area contributed by atoms with E-state index in [-0.39, 0.29) is 5.78 Å². The zero-order valence-corrected chi connectivity index (χ0v) is 14.7.